The van der Waals surface area contributed by atoms with Gasteiger partial charge in [0.05, 0.1) is 11.4 Å². The fraction of sp³-hybridized carbons (Fsp3) is 0.286. The van der Waals surface area contributed by atoms with Crippen LogP contribution in [0.15, 0.2) is 24.4 Å². The standard InChI is InChI=1S/C14H15BrN4O/c1-9-13(10(2)18(3)17-9)20-14-11(8-15)19-7-5-4-6-12(19)16-14/h4-7H,8H2,1-3H3. The van der Waals surface area contributed by atoms with Crippen molar-refractivity contribution >= 4 is 21.6 Å². The molecule has 0 aliphatic carbocycles. The fourth-order valence-corrected chi connectivity index (χ4v) is 2.74. The molecule has 0 aliphatic heterocycles. The molecule has 20 heavy (non-hydrogen) atoms. The highest BCUT2D eigenvalue weighted by atomic mass is 79.9. The largest absolute Gasteiger partial charge is 0.433 e. The summed E-state index contributed by atoms with van der Waals surface area (Å²) in [5.41, 5.74) is 3.71. The number of alkyl halides is 1. The number of aromatic nitrogens is 4. The molecule has 0 unspecified atom stereocenters. The molecule has 0 aromatic carbocycles. The van der Waals surface area contributed by atoms with Gasteiger partial charge in [0.2, 0.25) is 5.88 Å². The molecule has 0 radical (unpaired) electrons. The number of imidazole rings is 1. The summed E-state index contributed by atoms with van der Waals surface area (Å²) in [4.78, 5) is 4.54. The molecule has 3 heterocycles. The van der Waals surface area contributed by atoms with Gasteiger partial charge in [-0.25, -0.2) is 0 Å². The Hall–Kier alpha value is -1.82. The lowest BCUT2D eigenvalue weighted by Crippen LogP contribution is -1.94. The first-order chi connectivity index (χ1) is 9.61. The van der Waals surface area contributed by atoms with E-state index in [1.165, 1.54) is 0 Å². The van der Waals surface area contributed by atoms with Gasteiger partial charge < -0.3 is 4.74 Å². The predicted molar refractivity (Wildman–Crippen MR) is 80.6 cm³/mol. The molecule has 0 spiro atoms. The summed E-state index contributed by atoms with van der Waals surface area (Å²) < 4.78 is 9.86. The molecule has 0 saturated heterocycles. The van der Waals surface area contributed by atoms with Crippen LogP contribution in [0.3, 0.4) is 0 Å². The molecule has 104 valence electrons. The zero-order chi connectivity index (χ0) is 14.3. The summed E-state index contributed by atoms with van der Waals surface area (Å²) in [6.07, 6.45) is 1.98. The molecule has 0 bridgehead atoms. The molecule has 3 aromatic rings. The van der Waals surface area contributed by atoms with Crippen molar-refractivity contribution in [3.8, 4) is 11.6 Å². The van der Waals surface area contributed by atoms with E-state index in [1.54, 1.807) is 0 Å². The number of rotatable bonds is 3. The van der Waals surface area contributed by atoms with Crippen LogP contribution in [0.25, 0.3) is 5.65 Å². The Morgan fingerprint density at radius 3 is 2.75 bits per heavy atom. The molecule has 5 nitrogen and oxygen atoms in total. The Morgan fingerprint density at radius 1 is 1.30 bits per heavy atom. The number of ether oxygens (including phenoxy) is 1. The van der Waals surface area contributed by atoms with Gasteiger partial charge in [-0.3, -0.25) is 9.08 Å². The van der Waals surface area contributed by atoms with Crippen molar-refractivity contribution in [2.24, 2.45) is 7.05 Å². The van der Waals surface area contributed by atoms with Crippen molar-refractivity contribution in [2.45, 2.75) is 19.2 Å². The lowest BCUT2D eigenvalue weighted by atomic mass is 10.3. The van der Waals surface area contributed by atoms with Gasteiger partial charge >= 0.3 is 0 Å². The van der Waals surface area contributed by atoms with E-state index in [4.69, 9.17) is 4.74 Å². The summed E-state index contributed by atoms with van der Waals surface area (Å²) in [5, 5.41) is 5.03. The van der Waals surface area contributed by atoms with Crippen molar-refractivity contribution in [3.63, 3.8) is 0 Å². The van der Waals surface area contributed by atoms with E-state index in [9.17, 15) is 0 Å². The first-order valence-electron chi connectivity index (χ1n) is 6.31. The van der Waals surface area contributed by atoms with Gasteiger partial charge in [0.15, 0.2) is 5.75 Å². The molecular weight excluding hydrogens is 320 g/mol. The Labute approximate surface area is 125 Å². The van der Waals surface area contributed by atoms with Gasteiger partial charge in [-0.15, -0.1) is 0 Å². The highest BCUT2D eigenvalue weighted by molar-refractivity contribution is 9.08. The Kier molecular flexibility index (Phi) is 3.25. The second-order valence-electron chi connectivity index (χ2n) is 4.65. The topological polar surface area (TPSA) is 44.3 Å². The van der Waals surface area contributed by atoms with E-state index in [1.807, 2.05) is 54.4 Å². The van der Waals surface area contributed by atoms with Gasteiger partial charge in [-0.1, -0.05) is 22.0 Å². The molecule has 0 N–H and O–H groups in total. The van der Waals surface area contributed by atoms with Crippen LogP contribution in [-0.4, -0.2) is 19.2 Å². The van der Waals surface area contributed by atoms with Crippen molar-refractivity contribution in [2.75, 3.05) is 0 Å². The molecular formula is C14H15BrN4O. The third-order valence-corrected chi connectivity index (χ3v) is 3.89. The summed E-state index contributed by atoms with van der Waals surface area (Å²) in [6.45, 7) is 3.92. The zero-order valence-electron chi connectivity index (χ0n) is 11.6. The van der Waals surface area contributed by atoms with Crippen LogP contribution < -0.4 is 4.74 Å². The fourth-order valence-electron chi connectivity index (χ4n) is 2.23. The first kappa shape index (κ1) is 13.2. The van der Waals surface area contributed by atoms with E-state index in [0.717, 1.165) is 28.5 Å². The lowest BCUT2D eigenvalue weighted by Gasteiger charge is -2.04. The number of nitrogens with zero attached hydrogens (tertiary/aromatic N) is 4. The van der Waals surface area contributed by atoms with Crippen LogP contribution in [0, 0.1) is 13.8 Å². The van der Waals surface area contributed by atoms with Gasteiger partial charge in [0, 0.05) is 18.6 Å². The quantitative estimate of drug-likeness (QED) is 0.690. The smallest absolute Gasteiger partial charge is 0.242 e. The number of fused-ring (bicyclic) bond motifs is 1. The monoisotopic (exact) mass is 334 g/mol. The van der Waals surface area contributed by atoms with Crippen LogP contribution in [0.1, 0.15) is 17.1 Å². The molecule has 0 aliphatic rings. The van der Waals surface area contributed by atoms with E-state index in [0.29, 0.717) is 11.2 Å². The molecule has 0 saturated carbocycles. The molecule has 0 atom stereocenters. The number of hydrogen-bond acceptors (Lipinski definition) is 3. The van der Waals surface area contributed by atoms with Crippen LogP contribution >= 0.6 is 15.9 Å². The maximum absolute atomic E-state index is 6.02. The van der Waals surface area contributed by atoms with Crippen LogP contribution in [0.4, 0.5) is 0 Å². The average molecular weight is 335 g/mol. The number of aryl methyl sites for hydroxylation is 2. The second-order valence-corrected chi connectivity index (χ2v) is 5.21. The minimum atomic E-state index is 0.618. The minimum absolute atomic E-state index is 0.618. The number of hydrogen-bond donors (Lipinski definition) is 0. The van der Waals surface area contributed by atoms with Crippen LogP contribution in [-0.2, 0) is 12.4 Å². The van der Waals surface area contributed by atoms with Crippen LogP contribution in [0.5, 0.6) is 11.6 Å². The normalized spacial score (nSPS) is 11.2. The average Bonchev–Trinajstić information content (AvgIpc) is 2.91. The molecule has 0 fully saturated rings. The molecule has 6 heteroatoms. The summed E-state index contributed by atoms with van der Waals surface area (Å²) in [5.74, 6) is 1.39. The maximum Gasteiger partial charge on any atom is 0.242 e. The highest BCUT2D eigenvalue weighted by Crippen LogP contribution is 2.31. The molecule has 3 rings (SSSR count). The Bertz CT molecular complexity index is 775. The SMILES string of the molecule is Cc1nn(C)c(C)c1Oc1nc2ccccn2c1CBr. The molecule has 0 amide bonds. The summed E-state index contributed by atoms with van der Waals surface area (Å²) in [7, 11) is 1.91. The third-order valence-electron chi connectivity index (χ3n) is 3.36. The zero-order valence-corrected chi connectivity index (χ0v) is 13.2. The summed E-state index contributed by atoms with van der Waals surface area (Å²) >= 11 is 3.50. The summed E-state index contributed by atoms with van der Waals surface area (Å²) in [6, 6.07) is 5.90. The highest BCUT2D eigenvalue weighted by Gasteiger charge is 2.17. The van der Waals surface area contributed by atoms with Gasteiger partial charge in [-0.05, 0) is 26.0 Å². The van der Waals surface area contributed by atoms with E-state index < -0.39 is 0 Å². The Morgan fingerprint density at radius 2 is 2.10 bits per heavy atom. The van der Waals surface area contributed by atoms with Gasteiger partial charge in [0.25, 0.3) is 0 Å². The second kappa shape index (κ2) is 4.94. The molecule has 3 aromatic heterocycles. The lowest BCUT2D eigenvalue weighted by molar-refractivity contribution is 0.454. The predicted octanol–water partition coefficient (Wildman–Crippen LogP) is 3.37. The van der Waals surface area contributed by atoms with Gasteiger partial charge in [-0.2, -0.15) is 10.1 Å². The minimum Gasteiger partial charge on any atom is -0.433 e. The first-order valence-corrected chi connectivity index (χ1v) is 7.44. The van der Waals surface area contributed by atoms with Crippen molar-refractivity contribution in [1.82, 2.24) is 19.2 Å². The van der Waals surface area contributed by atoms with E-state index in [-0.39, 0.29) is 0 Å². The van der Waals surface area contributed by atoms with Crippen molar-refractivity contribution in [1.29, 1.82) is 0 Å². The van der Waals surface area contributed by atoms with Crippen molar-refractivity contribution in [3.05, 3.63) is 41.5 Å². The maximum atomic E-state index is 6.02. The van der Waals surface area contributed by atoms with Gasteiger partial charge in [0.1, 0.15) is 11.3 Å². The Balaban J connectivity index is 2.10. The number of halogens is 1. The van der Waals surface area contributed by atoms with Crippen LogP contribution in [0.2, 0.25) is 0 Å². The van der Waals surface area contributed by atoms with Crippen molar-refractivity contribution < 1.29 is 4.74 Å². The van der Waals surface area contributed by atoms with E-state index >= 15 is 0 Å². The van der Waals surface area contributed by atoms with E-state index in [2.05, 4.69) is 26.0 Å². The number of pyridine rings is 1. The third kappa shape index (κ3) is 2.00.